The zero-order valence-electron chi connectivity index (χ0n) is 13.3. The summed E-state index contributed by atoms with van der Waals surface area (Å²) in [4.78, 5) is 23.3. The molecule has 118 valence electrons. The largest absolute Gasteiger partial charge is 0.481 e. The van der Waals surface area contributed by atoms with Crippen LogP contribution in [0.2, 0.25) is 0 Å². The highest BCUT2D eigenvalue weighted by molar-refractivity contribution is 5.76. The van der Waals surface area contributed by atoms with E-state index in [2.05, 4.69) is 11.2 Å². The molecule has 0 radical (unpaired) electrons. The van der Waals surface area contributed by atoms with Crippen LogP contribution >= 0.6 is 0 Å². The smallest absolute Gasteiger partial charge is 0.307 e. The molecule has 0 spiro atoms. The van der Waals surface area contributed by atoms with Gasteiger partial charge in [0.25, 0.3) is 0 Å². The third-order valence-electron chi connectivity index (χ3n) is 5.06. The van der Waals surface area contributed by atoms with Crippen molar-refractivity contribution in [1.29, 1.82) is 0 Å². The van der Waals surface area contributed by atoms with E-state index in [0.717, 1.165) is 19.3 Å². The molecular weight excluding hydrogens is 266 g/mol. The number of carbonyl (C=O) groups is 2. The van der Waals surface area contributed by atoms with E-state index in [0.29, 0.717) is 19.3 Å². The third-order valence-corrected chi connectivity index (χ3v) is 5.06. The Morgan fingerprint density at radius 2 is 2.00 bits per heavy atom. The molecule has 1 aliphatic rings. The average molecular weight is 293 g/mol. The number of nitrogens with one attached hydrogen (secondary N) is 1. The summed E-state index contributed by atoms with van der Waals surface area (Å²) < 4.78 is 0. The molecule has 2 N–H and O–H groups in total. The molecule has 0 aromatic rings. The van der Waals surface area contributed by atoms with Crippen LogP contribution in [0.3, 0.4) is 0 Å². The van der Waals surface area contributed by atoms with Gasteiger partial charge in [-0.3, -0.25) is 9.59 Å². The minimum atomic E-state index is -0.731. The Kier molecular flexibility index (Phi) is 6.26. The zero-order chi connectivity index (χ0) is 16.0. The zero-order valence-corrected chi connectivity index (χ0v) is 13.3. The molecule has 0 heterocycles. The van der Waals surface area contributed by atoms with E-state index < -0.39 is 5.97 Å². The SMILES string of the molecule is C#CCCCCC(=O)NC1CCC(C(=O)O)C(C)(C)C1C. The first-order valence-corrected chi connectivity index (χ1v) is 7.76. The highest BCUT2D eigenvalue weighted by Gasteiger charge is 2.46. The second-order valence-corrected chi connectivity index (χ2v) is 6.66. The van der Waals surface area contributed by atoms with E-state index in [1.807, 2.05) is 20.8 Å². The van der Waals surface area contributed by atoms with E-state index in [1.165, 1.54) is 0 Å². The molecule has 1 saturated carbocycles. The van der Waals surface area contributed by atoms with Gasteiger partial charge < -0.3 is 10.4 Å². The quantitative estimate of drug-likeness (QED) is 0.584. The van der Waals surface area contributed by atoms with Crippen molar-refractivity contribution in [2.24, 2.45) is 17.3 Å². The van der Waals surface area contributed by atoms with E-state index >= 15 is 0 Å². The normalized spacial score (nSPS) is 27.6. The Balaban J connectivity index is 2.52. The molecule has 4 nitrogen and oxygen atoms in total. The van der Waals surface area contributed by atoms with Crippen molar-refractivity contribution in [3.63, 3.8) is 0 Å². The second-order valence-electron chi connectivity index (χ2n) is 6.66. The van der Waals surface area contributed by atoms with E-state index in [9.17, 15) is 14.7 Å². The lowest BCUT2D eigenvalue weighted by molar-refractivity contribution is -0.150. The van der Waals surface area contributed by atoms with Gasteiger partial charge in [-0.2, -0.15) is 0 Å². The Labute approximate surface area is 127 Å². The number of unbranched alkanes of at least 4 members (excludes halogenated alkanes) is 2. The van der Waals surface area contributed by atoms with E-state index in [-0.39, 0.29) is 29.2 Å². The fourth-order valence-corrected chi connectivity index (χ4v) is 3.23. The highest BCUT2D eigenvalue weighted by Crippen LogP contribution is 2.45. The predicted molar refractivity (Wildman–Crippen MR) is 82.5 cm³/mol. The number of rotatable bonds is 6. The molecule has 3 atom stereocenters. The van der Waals surface area contributed by atoms with Crippen molar-refractivity contribution in [2.75, 3.05) is 0 Å². The lowest BCUT2D eigenvalue weighted by atomic mass is 9.61. The minimum Gasteiger partial charge on any atom is -0.481 e. The molecule has 1 rings (SSSR count). The first-order chi connectivity index (χ1) is 9.80. The van der Waals surface area contributed by atoms with Crippen molar-refractivity contribution in [1.82, 2.24) is 5.32 Å². The molecule has 1 amide bonds. The van der Waals surface area contributed by atoms with Crippen molar-refractivity contribution in [2.45, 2.75) is 65.3 Å². The summed E-state index contributed by atoms with van der Waals surface area (Å²) in [6.45, 7) is 6.02. The van der Waals surface area contributed by atoms with Gasteiger partial charge in [0.15, 0.2) is 0 Å². The number of terminal acetylenes is 1. The molecule has 0 saturated heterocycles. The van der Waals surface area contributed by atoms with Crippen LogP contribution in [0.4, 0.5) is 0 Å². The lowest BCUT2D eigenvalue weighted by Gasteiger charge is -2.46. The van der Waals surface area contributed by atoms with Gasteiger partial charge in [-0.25, -0.2) is 0 Å². The summed E-state index contributed by atoms with van der Waals surface area (Å²) in [6.07, 6.45) is 9.41. The molecule has 21 heavy (non-hydrogen) atoms. The Morgan fingerprint density at radius 1 is 1.33 bits per heavy atom. The summed E-state index contributed by atoms with van der Waals surface area (Å²) in [6, 6.07) is 0.0655. The Bertz CT molecular complexity index is 422. The van der Waals surface area contributed by atoms with Gasteiger partial charge in [0.2, 0.25) is 5.91 Å². The fraction of sp³-hybridized carbons (Fsp3) is 0.765. The molecule has 1 aliphatic carbocycles. The van der Waals surface area contributed by atoms with Crippen molar-refractivity contribution in [3.05, 3.63) is 0 Å². The molecule has 0 aliphatic heterocycles. The van der Waals surface area contributed by atoms with Crippen LogP contribution in [0.15, 0.2) is 0 Å². The average Bonchev–Trinajstić information content (AvgIpc) is 2.40. The number of hydrogen-bond acceptors (Lipinski definition) is 2. The van der Waals surface area contributed by atoms with Crippen molar-refractivity contribution in [3.8, 4) is 12.3 Å². The number of hydrogen-bond donors (Lipinski definition) is 2. The predicted octanol–water partition coefficient (Wildman–Crippen LogP) is 2.82. The monoisotopic (exact) mass is 293 g/mol. The van der Waals surface area contributed by atoms with Crippen molar-refractivity contribution >= 4 is 11.9 Å². The van der Waals surface area contributed by atoms with E-state index in [1.54, 1.807) is 0 Å². The lowest BCUT2D eigenvalue weighted by Crippen LogP contribution is -2.52. The number of carboxylic acid groups (broad SMARTS) is 1. The second kappa shape index (κ2) is 7.49. The maximum absolute atomic E-state index is 12.0. The first-order valence-electron chi connectivity index (χ1n) is 7.76. The number of amides is 1. The third kappa shape index (κ3) is 4.49. The van der Waals surface area contributed by atoms with Crippen LogP contribution < -0.4 is 5.32 Å². The van der Waals surface area contributed by atoms with Crippen LogP contribution in [0.1, 0.15) is 59.3 Å². The van der Waals surface area contributed by atoms with Gasteiger partial charge in [-0.1, -0.05) is 20.8 Å². The van der Waals surface area contributed by atoms with Crippen LogP contribution in [0.5, 0.6) is 0 Å². The molecule has 0 bridgehead atoms. The Morgan fingerprint density at radius 3 is 2.57 bits per heavy atom. The maximum Gasteiger partial charge on any atom is 0.307 e. The summed E-state index contributed by atoms with van der Waals surface area (Å²) in [5.41, 5.74) is -0.314. The van der Waals surface area contributed by atoms with Crippen LogP contribution in [-0.2, 0) is 9.59 Å². The molecule has 0 aromatic carbocycles. The molecule has 4 heteroatoms. The Hall–Kier alpha value is -1.50. The number of aliphatic carboxylic acids is 1. The van der Waals surface area contributed by atoms with Gasteiger partial charge in [0.05, 0.1) is 5.92 Å². The van der Waals surface area contributed by atoms with Gasteiger partial charge in [-0.05, 0) is 37.0 Å². The highest BCUT2D eigenvalue weighted by atomic mass is 16.4. The van der Waals surface area contributed by atoms with E-state index in [4.69, 9.17) is 6.42 Å². The van der Waals surface area contributed by atoms with Crippen LogP contribution in [0.25, 0.3) is 0 Å². The fourth-order valence-electron chi connectivity index (χ4n) is 3.23. The number of carboxylic acids is 1. The maximum atomic E-state index is 12.0. The van der Waals surface area contributed by atoms with Crippen LogP contribution in [-0.4, -0.2) is 23.0 Å². The summed E-state index contributed by atoms with van der Waals surface area (Å²) in [5.74, 6) is 1.69. The van der Waals surface area contributed by atoms with Gasteiger partial charge in [0.1, 0.15) is 0 Å². The summed E-state index contributed by atoms with van der Waals surface area (Å²) >= 11 is 0. The summed E-state index contributed by atoms with van der Waals surface area (Å²) in [7, 11) is 0. The minimum absolute atomic E-state index is 0.0495. The molecule has 0 aromatic heterocycles. The van der Waals surface area contributed by atoms with Gasteiger partial charge >= 0.3 is 5.97 Å². The van der Waals surface area contributed by atoms with Gasteiger partial charge in [0, 0.05) is 18.9 Å². The number of carbonyl (C=O) groups excluding carboxylic acids is 1. The first kappa shape index (κ1) is 17.6. The topological polar surface area (TPSA) is 66.4 Å². The van der Waals surface area contributed by atoms with Crippen LogP contribution in [0, 0.1) is 29.6 Å². The molecule has 3 unspecified atom stereocenters. The summed E-state index contributed by atoms with van der Waals surface area (Å²) in [5, 5.41) is 12.4. The molecular formula is C17H27NO3. The van der Waals surface area contributed by atoms with Crippen molar-refractivity contribution < 1.29 is 14.7 Å². The standard InChI is InChI=1S/C17H27NO3/c1-5-6-7-8-9-15(19)18-14-11-10-13(16(20)21)17(3,4)12(14)2/h1,12-14H,6-11H2,2-4H3,(H,18,19)(H,20,21). The van der Waals surface area contributed by atoms with Gasteiger partial charge in [-0.15, -0.1) is 12.3 Å². The molecule has 1 fully saturated rings.